The van der Waals surface area contributed by atoms with Gasteiger partial charge in [-0.05, 0) is 30.9 Å². The molecule has 1 unspecified atom stereocenters. The standard InChI is InChI=1S/C14H20ClFN2O/c1-19-14(7-2-3-8-14)12(18-17)9-10-5-4-6-11(15)13(10)16/h4-6,12,18H,2-3,7-9,17H2,1H3. The van der Waals surface area contributed by atoms with Gasteiger partial charge in [-0.25, -0.2) is 4.39 Å². The first kappa shape index (κ1) is 14.7. The minimum Gasteiger partial charge on any atom is -0.377 e. The molecule has 2 rings (SSSR count). The molecule has 5 heteroatoms. The molecule has 1 saturated carbocycles. The molecular weight excluding hydrogens is 267 g/mol. The number of nitrogens with one attached hydrogen (secondary N) is 1. The molecule has 0 saturated heterocycles. The van der Waals surface area contributed by atoms with Crippen LogP contribution in [-0.4, -0.2) is 18.8 Å². The van der Waals surface area contributed by atoms with Crippen LogP contribution in [0.15, 0.2) is 18.2 Å². The molecule has 0 radical (unpaired) electrons. The first-order valence-electron chi connectivity index (χ1n) is 6.57. The van der Waals surface area contributed by atoms with Gasteiger partial charge in [0.05, 0.1) is 16.7 Å². The summed E-state index contributed by atoms with van der Waals surface area (Å²) in [4.78, 5) is 0. The molecule has 0 aromatic heterocycles. The highest BCUT2D eigenvalue weighted by molar-refractivity contribution is 6.30. The predicted octanol–water partition coefficient (Wildman–Crippen LogP) is 2.81. The molecule has 1 atom stereocenters. The third-order valence-corrected chi connectivity index (χ3v) is 4.44. The lowest BCUT2D eigenvalue weighted by Gasteiger charge is -2.36. The summed E-state index contributed by atoms with van der Waals surface area (Å²) in [7, 11) is 1.70. The van der Waals surface area contributed by atoms with Crippen LogP contribution >= 0.6 is 11.6 Å². The van der Waals surface area contributed by atoms with E-state index in [1.54, 1.807) is 25.3 Å². The number of methoxy groups -OCH3 is 1. The van der Waals surface area contributed by atoms with Gasteiger partial charge in [-0.3, -0.25) is 11.3 Å². The van der Waals surface area contributed by atoms with Crippen molar-refractivity contribution in [3.8, 4) is 0 Å². The summed E-state index contributed by atoms with van der Waals surface area (Å²) in [5, 5.41) is 0.145. The van der Waals surface area contributed by atoms with E-state index in [-0.39, 0.29) is 22.5 Å². The van der Waals surface area contributed by atoms with E-state index in [4.69, 9.17) is 22.2 Å². The van der Waals surface area contributed by atoms with Crippen LogP contribution in [0, 0.1) is 5.82 Å². The van der Waals surface area contributed by atoms with Gasteiger partial charge in [0.15, 0.2) is 0 Å². The molecule has 0 amide bonds. The average Bonchev–Trinajstić information content (AvgIpc) is 2.90. The fourth-order valence-corrected chi connectivity index (χ4v) is 3.19. The minimum atomic E-state index is -0.367. The molecule has 0 heterocycles. The smallest absolute Gasteiger partial charge is 0.145 e. The van der Waals surface area contributed by atoms with Gasteiger partial charge in [0.1, 0.15) is 5.82 Å². The van der Waals surface area contributed by atoms with Crippen LogP contribution in [0.4, 0.5) is 4.39 Å². The molecular formula is C14H20ClFN2O. The molecule has 0 spiro atoms. The highest BCUT2D eigenvalue weighted by Crippen LogP contribution is 2.37. The summed E-state index contributed by atoms with van der Waals surface area (Å²) < 4.78 is 19.7. The molecule has 0 bridgehead atoms. The number of halogens is 2. The predicted molar refractivity (Wildman–Crippen MR) is 74.4 cm³/mol. The van der Waals surface area contributed by atoms with Crippen molar-refractivity contribution < 1.29 is 9.13 Å². The van der Waals surface area contributed by atoms with Gasteiger partial charge in [0.2, 0.25) is 0 Å². The number of ether oxygens (including phenoxy) is 1. The molecule has 1 aromatic rings. The monoisotopic (exact) mass is 286 g/mol. The normalized spacial score (nSPS) is 19.6. The average molecular weight is 287 g/mol. The zero-order chi connectivity index (χ0) is 13.9. The highest BCUT2D eigenvalue weighted by Gasteiger charge is 2.41. The molecule has 1 fully saturated rings. The van der Waals surface area contributed by atoms with Crippen molar-refractivity contribution in [1.29, 1.82) is 0 Å². The van der Waals surface area contributed by atoms with Crippen LogP contribution < -0.4 is 11.3 Å². The number of rotatable bonds is 5. The number of hydrogen-bond acceptors (Lipinski definition) is 3. The molecule has 19 heavy (non-hydrogen) atoms. The van der Waals surface area contributed by atoms with Gasteiger partial charge in [0.25, 0.3) is 0 Å². The molecule has 1 aliphatic rings. The Labute approximate surface area is 118 Å². The molecule has 3 nitrogen and oxygen atoms in total. The van der Waals surface area contributed by atoms with Crippen molar-refractivity contribution in [1.82, 2.24) is 5.43 Å². The van der Waals surface area contributed by atoms with Gasteiger partial charge in [-0.2, -0.15) is 0 Å². The maximum Gasteiger partial charge on any atom is 0.145 e. The Morgan fingerprint density at radius 1 is 1.47 bits per heavy atom. The van der Waals surface area contributed by atoms with Crippen LogP contribution in [0.25, 0.3) is 0 Å². The molecule has 1 aliphatic carbocycles. The van der Waals surface area contributed by atoms with Gasteiger partial charge in [-0.15, -0.1) is 0 Å². The molecule has 0 aliphatic heterocycles. The first-order valence-corrected chi connectivity index (χ1v) is 6.95. The van der Waals surface area contributed by atoms with E-state index >= 15 is 0 Å². The first-order chi connectivity index (χ1) is 9.13. The minimum absolute atomic E-state index is 0.118. The lowest BCUT2D eigenvalue weighted by molar-refractivity contribution is -0.0357. The second-order valence-corrected chi connectivity index (χ2v) is 5.52. The lowest BCUT2D eigenvalue weighted by atomic mass is 9.87. The summed E-state index contributed by atoms with van der Waals surface area (Å²) in [5.41, 5.74) is 3.06. The van der Waals surface area contributed by atoms with Crippen molar-refractivity contribution in [3.05, 3.63) is 34.6 Å². The highest BCUT2D eigenvalue weighted by atomic mass is 35.5. The van der Waals surface area contributed by atoms with Crippen molar-refractivity contribution in [2.45, 2.75) is 43.7 Å². The van der Waals surface area contributed by atoms with Crippen LogP contribution in [0.1, 0.15) is 31.2 Å². The van der Waals surface area contributed by atoms with E-state index in [1.807, 2.05) is 0 Å². The number of hydrogen-bond donors (Lipinski definition) is 2. The maximum absolute atomic E-state index is 14.0. The van der Waals surface area contributed by atoms with Crippen molar-refractivity contribution in [2.75, 3.05) is 7.11 Å². The zero-order valence-corrected chi connectivity index (χ0v) is 11.8. The van der Waals surface area contributed by atoms with E-state index in [1.165, 1.54) is 0 Å². The van der Waals surface area contributed by atoms with Crippen molar-refractivity contribution >= 4 is 11.6 Å². The Bertz CT molecular complexity index is 435. The Kier molecular flexibility index (Phi) is 4.79. The number of nitrogens with two attached hydrogens (primary N) is 1. The van der Waals surface area contributed by atoms with E-state index in [0.29, 0.717) is 12.0 Å². The van der Waals surface area contributed by atoms with Crippen molar-refractivity contribution in [2.24, 2.45) is 5.84 Å². The van der Waals surface area contributed by atoms with Crippen LogP contribution in [-0.2, 0) is 11.2 Å². The molecule has 1 aromatic carbocycles. The SMILES string of the molecule is COC1(C(Cc2cccc(Cl)c2F)NN)CCCC1. The topological polar surface area (TPSA) is 47.3 Å². The van der Waals surface area contributed by atoms with Gasteiger partial charge in [0, 0.05) is 7.11 Å². The third-order valence-electron chi connectivity index (χ3n) is 4.15. The second kappa shape index (κ2) is 6.18. The van der Waals surface area contributed by atoms with Gasteiger partial charge in [-0.1, -0.05) is 36.6 Å². The van der Waals surface area contributed by atoms with E-state index in [9.17, 15) is 4.39 Å². The number of benzene rings is 1. The fourth-order valence-electron chi connectivity index (χ4n) is 2.99. The molecule has 3 N–H and O–H groups in total. The lowest BCUT2D eigenvalue weighted by Crippen LogP contribution is -2.54. The summed E-state index contributed by atoms with van der Waals surface area (Å²) in [6.45, 7) is 0. The van der Waals surface area contributed by atoms with Gasteiger partial charge < -0.3 is 4.74 Å². The van der Waals surface area contributed by atoms with Crippen LogP contribution in [0.2, 0.25) is 5.02 Å². The second-order valence-electron chi connectivity index (χ2n) is 5.11. The van der Waals surface area contributed by atoms with Crippen LogP contribution in [0.3, 0.4) is 0 Å². The fraction of sp³-hybridized carbons (Fsp3) is 0.571. The van der Waals surface area contributed by atoms with Gasteiger partial charge >= 0.3 is 0 Å². The summed E-state index contributed by atoms with van der Waals surface area (Å²) in [6, 6.07) is 4.92. The van der Waals surface area contributed by atoms with E-state index in [2.05, 4.69) is 5.43 Å². The largest absolute Gasteiger partial charge is 0.377 e. The Morgan fingerprint density at radius 2 is 2.16 bits per heavy atom. The van der Waals surface area contributed by atoms with E-state index < -0.39 is 0 Å². The maximum atomic E-state index is 14.0. The van der Waals surface area contributed by atoms with Crippen molar-refractivity contribution in [3.63, 3.8) is 0 Å². The Hall–Kier alpha value is -0.680. The third kappa shape index (κ3) is 2.92. The Morgan fingerprint density at radius 3 is 2.74 bits per heavy atom. The summed E-state index contributed by atoms with van der Waals surface area (Å²) in [5.74, 6) is 5.30. The molecule has 106 valence electrons. The summed E-state index contributed by atoms with van der Waals surface area (Å²) >= 11 is 5.81. The van der Waals surface area contributed by atoms with E-state index in [0.717, 1.165) is 25.7 Å². The van der Waals surface area contributed by atoms with Crippen LogP contribution in [0.5, 0.6) is 0 Å². The quantitative estimate of drug-likeness (QED) is 0.646. The number of hydrazine groups is 1. The zero-order valence-electron chi connectivity index (χ0n) is 11.1. The Balaban J connectivity index is 2.21. The summed E-state index contributed by atoms with van der Waals surface area (Å²) in [6.07, 6.45) is 4.59.